The van der Waals surface area contributed by atoms with Crippen LogP contribution in [0.1, 0.15) is 6.42 Å². The minimum absolute atomic E-state index is 0.676. The third kappa shape index (κ3) is 2.37. The Morgan fingerprint density at radius 1 is 1.27 bits per heavy atom. The predicted octanol–water partition coefficient (Wildman–Crippen LogP) is 2.87. The molecule has 0 amide bonds. The Labute approximate surface area is 94.0 Å². The van der Waals surface area contributed by atoms with Crippen LogP contribution in [0.15, 0.2) is 53.7 Å². The van der Waals surface area contributed by atoms with Gasteiger partial charge in [0.2, 0.25) is 0 Å². The van der Waals surface area contributed by atoms with Gasteiger partial charge in [-0.25, -0.2) is 0 Å². The maximum atomic E-state index is 5.61. The Balaban J connectivity index is 2.28. The molecule has 1 aromatic heterocycles. The van der Waals surface area contributed by atoms with Gasteiger partial charge >= 0.3 is 0 Å². The predicted molar refractivity (Wildman–Crippen MR) is 66.8 cm³/mol. The molecule has 2 rings (SSSR count). The van der Waals surface area contributed by atoms with Crippen molar-refractivity contribution in [2.45, 2.75) is 6.42 Å². The normalized spacial score (nSPS) is 15.3. The molecular weight excluding hydrogens is 204 g/mol. The first-order valence-electron chi connectivity index (χ1n) is 4.98. The molecule has 2 heterocycles. The summed E-state index contributed by atoms with van der Waals surface area (Å²) < 4.78 is 0. The van der Waals surface area contributed by atoms with Gasteiger partial charge in [-0.2, -0.15) is 0 Å². The van der Waals surface area contributed by atoms with Crippen LogP contribution < -0.4 is 10.6 Å². The Hall–Kier alpha value is -1.32. The molecule has 0 spiro atoms. The number of thiophene rings is 1. The summed E-state index contributed by atoms with van der Waals surface area (Å²) in [6, 6.07) is 4.18. The summed E-state index contributed by atoms with van der Waals surface area (Å²) in [6.45, 7) is 0.676. The maximum Gasteiger partial charge on any atom is 0.0991 e. The second-order valence-corrected chi connectivity index (χ2v) is 4.17. The molecule has 78 valence electrons. The van der Waals surface area contributed by atoms with E-state index in [2.05, 4.69) is 40.8 Å². The molecular formula is C12H14N2S. The highest BCUT2D eigenvalue weighted by Gasteiger charge is 2.09. The lowest BCUT2D eigenvalue weighted by Crippen LogP contribution is -2.16. The van der Waals surface area contributed by atoms with Crippen molar-refractivity contribution in [2.24, 2.45) is 5.73 Å². The third-order valence-corrected chi connectivity index (χ3v) is 3.07. The van der Waals surface area contributed by atoms with Gasteiger partial charge in [0.05, 0.1) is 5.00 Å². The van der Waals surface area contributed by atoms with Gasteiger partial charge < -0.3 is 10.6 Å². The SMILES string of the molecule is NCCC1=CC=CC=CN1c1cccs1. The van der Waals surface area contributed by atoms with Gasteiger partial charge in [0.25, 0.3) is 0 Å². The number of nitrogens with two attached hydrogens (primary N) is 1. The fraction of sp³-hybridized carbons (Fsp3) is 0.167. The van der Waals surface area contributed by atoms with Crippen LogP contribution in [0.4, 0.5) is 5.00 Å². The molecule has 0 atom stereocenters. The van der Waals surface area contributed by atoms with Crippen LogP contribution in [0.25, 0.3) is 0 Å². The Morgan fingerprint density at radius 2 is 2.20 bits per heavy atom. The van der Waals surface area contributed by atoms with E-state index in [1.165, 1.54) is 10.7 Å². The van der Waals surface area contributed by atoms with Crippen molar-refractivity contribution in [3.05, 3.63) is 53.7 Å². The van der Waals surface area contributed by atoms with Gasteiger partial charge in [-0.1, -0.05) is 12.2 Å². The second kappa shape index (κ2) is 4.96. The van der Waals surface area contributed by atoms with E-state index in [0.29, 0.717) is 6.54 Å². The van der Waals surface area contributed by atoms with Crippen LogP contribution in [0.5, 0.6) is 0 Å². The number of allylic oxidation sites excluding steroid dienone is 4. The molecule has 0 fully saturated rings. The quantitative estimate of drug-likeness (QED) is 0.845. The third-order valence-electron chi connectivity index (χ3n) is 2.20. The molecule has 0 aromatic carbocycles. The zero-order valence-electron chi connectivity index (χ0n) is 8.47. The minimum atomic E-state index is 0.676. The highest BCUT2D eigenvalue weighted by molar-refractivity contribution is 7.14. The van der Waals surface area contributed by atoms with E-state index in [-0.39, 0.29) is 0 Å². The van der Waals surface area contributed by atoms with Crippen molar-refractivity contribution in [1.82, 2.24) is 0 Å². The van der Waals surface area contributed by atoms with E-state index in [1.807, 2.05) is 12.2 Å². The standard InChI is InChI=1S/C12H14N2S/c13-8-7-11-5-2-1-3-9-14(11)12-6-4-10-15-12/h1-6,9-10H,7-8,13H2. The second-order valence-electron chi connectivity index (χ2n) is 3.24. The lowest BCUT2D eigenvalue weighted by atomic mass is 10.2. The summed E-state index contributed by atoms with van der Waals surface area (Å²) in [6.07, 6.45) is 11.2. The molecule has 15 heavy (non-hydrogen) atoms. The van der Waals surface area contributed by atoms with E-state index in [1.54, 1.807) is 11.3 Å². The number of rotatable bonds is 3. The number of hydrogen-bond acceptors (Lipinski definition) is 3. The summed E-state index contributed by atoms with van der Waals surface area (Å²) in [7, 11) is 0. The van der Waals surface area contributed by atoms with Gasteiger partial charge in [-0.05, 0) is 36.2 Å². The zero-order chi connectivity index (χ0) is 10.5. The first kappa shape index (κ1) is 10.2. The zero-order valence-corrected chi connectivity index (χ0v) is 9.28. The number of anilines is 1. The Morgan fingerprint density at radius 3 is 2.93 bits per heavy atom. The summed E-state index contributed by atoms with van der Waals surface area (Å²) >= 11 is 1.73. The fourth-order valence-electron chi connectivity index (χ4n) is 1.52. The molecule has 0 aliphatic carbocycles. The Kier molecular flexibility index (Phi) is 3.37. The Bertz CT molecular complexity index is 388. The summed E-state index contributed by atoms with van der Waals surface area (Å²) in [5.41, 5.74) is 6.85. The first-order chi connectivity index (χ1) is 7.42. The monoisotopic (exact) mass is 218 g/mol. The molecule has 0 saturated carbocycles. The average Bonchev–Trinajstić information content (AvgIpc) is 2.67. The first-order valence-corrected chi connectivity index (χ1v) is 5.86. The molecule has 1 aliphatic rings. The highest BCUT2D eigenvalue weighted by atomic mass is 32.1. The van der Waals surface area contributed by atoms with Crippen molar-refractivity contribution < 1.29 is 0 Å². The lowest BCUT2D eigenvalue weighted by Gasteiger charge is -2.20. The summed E-state index contributed by atoms with van der Waals surface area (Å²) in [4.78, 5) is 2.19. The molecule has 1 aromatic rings. The average molecular weight is 218 g/mol. The minimum Gasteiger partial charge on any atom is -0.330 e. The molecule has 2 nitrogen and oxygen atoms in total. The van der Waals surface area contributed by atoms with E-state index in [4.69, 9.17) is 5.73 Å². The van der Waals surface area contributed by atoms with Crippen LogP contribution in [-0.4, -0.2) is 6.54 Å². The molecule has 0 saturated heterocycles. The number of nitrogens with zero attached hydrogens (tertiary/aromatic N) is 1. The lowest BCUT2D eigenvalue weighted by molar-refractivity contribution is 0.916. The van der Waals surface area contributed by atoms with Gasteiger partial charge in [0, 0.05) is 18.3 Å². The molecule has 2 N–H and O–H groups in total. The largest absolute Gasteiger partial charge is 0.330 e. The molecule has 0 bridgehead atoms. The topological polar surface area (TPSA) is 29.3 Å². The smallest absolute Gasteiger partial charge is 0.0991 e. The van der Waals surface area contributed by atoms with E-state index >= 15 is 0 Å². The van der Waals surface area contributed by atoms with Gasteiger partial charge in [0.1, 0.15) is 0 Å². The van der Waals surface area contributed by atoms with Gasteiger partial charge in [-0.3, -0.25) is 0 Å². The van der Waals surface area contributed by atoms with Gasteiger partial charge in [-0.15, -0.1) is 11.3 Å². The molecule has 0 radical (unpaired) electrons. The highest BCUT2D eigenvalue weighted by Crippen LogP contribution is 2.27. The van der Waals surface area contributed by atoms with Crippen LogP contribution >= 0.6 is 11.3 Å². The van der Waals surface area contributed by atoms with E-state index < -0.39 is 0 Å². The molecule has 3 heteroatoms. The van der Waals surface area contributed by atoms with E-state index in [9.17, 15) is 0 Å². The fourth-order valence-corrected chi connectivity index (χ4v) is 2.26. The van der Waals surface area contributed by atoms with Crippen LogP contribution in [0, 0.1) is 0 Å². The van der Waals surface area contributed by atoms with Gasteiger partial charge in [0.15, 0.2) is 0 Å². The van der Waals surface area contributed by atoms with Crippen molar-refractivity contribution in [1.29, 1.82) is 0 Å². The number of hydrogen-bond donors (Lipinski definition) is 1. The van der Waals surface area contributed by atoms with Crippen molar-refractivity contribution in [3.63, 3.8) is 0 Å². The van der Waals surface area contributed by atoms with Crippen LogP contribution in [0.3, 0.4) is 0 Å². The van der Waals surface area contributed by atoms with Crippen molar-refractivity contribution in [3.8, 4) is 0 Å². The van der Waals surface area contributed by atoms with Crippen LogP contribution in [0.2, 0.25) is 0 Å². The maximum absolute atomic E-state index is 5.61. The summed E-state index contributed by atoms with van der Waals surface area (Å²) in [5.74, 6) is 0. The van der Waals surface area contributed by atoms with Crippen molar-refractivity contribution >= 4 is 16.3 Å². The van der Waals surface area contributed by atoms with E-state index in [0.717, 1.165) is 6.42 Å². The van der Waals surface area contributed by atoms with Crippen LogP contribution in [-0.2, 0) is 0 Å². The summed E-state index contributed by atoms with van der Waals surface area (Å²) in [5, 5.41) is 3.32. The molecule has 0 unspecified atom stereocenters. The molecule has 1 aliphatic heterocycles. The van der Waals surface area contributed by atoms with Crippen molar-refractivity contribution in [2.75, 3.05) is 11.4 Å².